The van der Waals surface area contributed by atoms with Gasteiger partial charge in [0, 0.05) is 18.5 Å². The molecule has 2 fully saturated rings. The van der Waals surface area contributed by atoms with Crippen molar-refractivity contribution < 1.29 is 4.79 Å². The lowest BCUT2D eigenvalue weighted by atomic mass is 9.86. The van der Waals surface area contributed by atoms with Gasteiger partial charge in [-0.3, -0.25) is 4.79 Å². The minimum Gasteiger partial charge on any atom is -0.369 e. The van der Waals surface area contributed by atoms with Crippen LogP contribution in [0.5, 0.6) is 0 Å². The number of hydrogen-bond donors (Lipinski definition) is 1. The molecule has 1 amide bonds. The molecule has 19 heavy (non-hydrogen) atoms. The van der Waals surface area contributed by atoms with E-state index in [1.165, 1.54) is 0 Å². The van der Waals surface area contributed by atoms with E-state index in [0.29, 0.717) is 17.0 Å². The Morgan fingerprint density at radius 3 is 2.47 bits per heavy atom. The molecule has 0 aromatic carbocycles. The number of anilines is 1. The summed E-state index contributed by atoms with van der Waals surface area (Å²) in [5.41, 5.74) is 5.18. The Morgan fingerprint density at radius 2 is 2.00 bits per heavy atom. The molecule has 6 heteroatoms. The van der Waals surface area contributed by atoms with Crippen molar-refractivity contribution in [2.45, 2.75) is 19.8 Å². The number of aromatic nitrogens is 2. The Bertz CT molecular complexity index is 490. The van der Waals surface area contributed by atoms with Gasteiger partial charge in [-0.2, -0.15) is 0 Å². The van der Waals surface area contributed by atoms with Gasteiger partial charge in [-0.1, -0.05) is 18.5 Å². The smallest absolute Gasteiger partial charge is 0.223 e. The number of amides is 1. The number of fused-ring (bicyclic) bond motifs is 1. The highest BCUT2D eigenvalue weighted by molar-refractivity contribution is 6.29. The maximum absolute atomic E-state index is 11.5. The van der Waals surface area contributed by atoms with E-state index >= 15 is 0 Å². The van der Waals surface area contributed by atoms with Crippen molar-refractivity contribution in [1.29, 1.82) is 0 Å². The third-order valence-corrected chi connectivity index (χ3v) is 4.72. The van der Waals surface area contributed by atoms with Crippen molar-refractivity contribution in [2.24, 2.45) is 23.0 Å². The van der Waals surface area contributed by atoms with Crippen LogP contribution >= 0.6 is 11.6 Å². The van der Waals surface area contributed by atoms with E-state index in [4.69, 9.17) is 17.3 Å². The maximum atomic E-state index is 11.5. The molecular weight excluding hydrogens is 264 g/mol. The molecule has 1 unspecified atom stereocenters. The van der Waals surface area contributed by atoms with E-state index in [9.17, 15) is 4.79 Å². The van der Waals surface area contributed by atoms with Gasteiger partial charge in [-0.25, -0.2) is 9.97 Å². The quantitative estimate of drug-likeness (QED) is 0.890. The highest BCUT2D eigenvalue weighted by Crippen LogP contribution is 2.49. The predicted molar refractivity (Wildman–Crippen MR) is 72.8 cm³/mol. The molecule has 1 aliphatic carbocycles. The normalized spacial score (nSPS) is 33.5. The van der Waals surface area contributed by atoms with Gasteiger partial charge >= 0.3 is 0 Å². The summed E-state index contributed by atoms with van der Waals surface area (Å²) in [5, 5.41) is 0.407. The lowest BCUT2D eigenvalue weighted by molar-refractivity contribution is -0.126. The number of rotatable bonds is 2. The van der Waals surface area contributed by atoms with E-state index in [1.54, 1.807) is 12.4 Å². The zero-order valence-corrected chi connectivity index (χ0v) is 11.6. The first-order valence-corrected chi connectivity index (χ1v) is 6.88. The van der Waals surface area contributed by atoms with Crippen LogP contribution in [0.4, 0.5) is 5.82 Å². The minimum absolute atomic E-state index is 0.167. The SMILES string of the molecule is CC1(C(N)=O)C[C@H]2CN(c3cnc(Cl)cn3)C[C@H]2C1. The molecule has 1 saturated carbocycles. The van der Waals surface area contributed by atoms with Gasteiger partial charge < -0.3 is 10.6 Å². The molecule has 102 valence electrons. The standard InChI is InChI=1S/C13H17ClN4O/c1-13(12(15)19)2-8-6-18(7-9(8)3-13)11-5-16-10(14)4-17-11/h4-5,8-9H,2-3,6-7H2,1H3,(H2,15,19)/t8-,9+,13?. The fourth-order valence-electron chi connectivity index (χ4n) is 3.50. The number of nitrogens with two attached hydrogens (primary N) is 1. The average Bonchev–Trinajstić information content (AvgIpc) is 2.85. The summed E-state index contributed by atoms with van der Waals surface area (Å²) in [6.07, 6.45) is 5.03. The Balaban J connectivity index is 1.71. The molecule has 0 spiro atoms. The third-order valence-electron chi connectivity index (χ3n) is 4.53. The number of carbonyl (C=O) groups is 1. The second-order valence-corrected chi connectivity index (χ2v) is 6.34. The van der Waals surface area contributed by atoms with Gasteiger partial charge in [-0.15, -0.1) is 0 Å². The number of primary amides is 1. The molecule has 0 bridgehead atoms. The Kier molecular flexibility index (Phi) is 2.89. The Labute approximate surface area is 117 Å². The average molecular weight is 281 g/mol. The van der Waals surface area contributed by atoms with Crippen LogP contribution in [0.3, 0.4) is 0 Å². The first kappa shape index (κ1) is 12.7. The molecule has 1 saturated heterocycles. The summed E-state index contributed by atoms with van der Waals surface area (Å²) in [5.74, 6) is 1.74. The number of halogens is 1. The fourth-order valence-corrected chi connectivity index (χ4v) is 3.60. The minimum atomic E-state index is -0.326. The van der Waals surface area contributed by atoms with Crippen LogP contribution < -0.4 is 10.6 Å². The highest BCUT2D eigenvalue weighted by atomic mass is 35.5. The monoisotopic (exact) mass is 280 g/mol. The van der Waals surface area contributed by atoms with Gasteiger partial charge in [0.1, 0.15) is 11.0 Å². The van der Waals surface area contributed by atoms with Crippen molar-refractivity contribution in [2.75, 3.05) is 18.0 Å². The first-order chi connectivity index (χ1) is 8.98. The summed E-state index contributed by atoms with van der Waals surface area (Å²) >= 11 is 5.74. The Hall–Kier alpha value is -1.36. The van der Waals surface area contributed by atoms with E-state index in [-0.39, 0.29) is 11.3 Å². The molecule has 5 nitrogen and oxygen atoms in total. The second-order valence-electron chi connectivity index (χ2n) is 5.96. The molecule has 2 N–H and O–H groups in total. The summed E-state index contributed by atoms with van der Waals surface area (Å²) < 4.78 is 0. The van der Waals surface area contributed by atoms with Crippen LogP contribution in [-0.4, -0.2) is 29.0 Å². The zero-order valence-electron chi connectivity index (χ0n) is 10.8. The van der Waals surface area contributed by atoms with Gasteiger partial charge in [0.15, 0.2) is 0 Å². The van der Waals surface area contributed by atoms with Crippen molar-refractivity contribution in [3.05, 3.63) is 17.5 Å². The summed E-state index contributed by atoms with van der Waals surface area (Å²) in [4.78, 5) is 22.1. The molecule has 1 aliphatic heterocycles. The zero-order chi connectivity index (χ0) is 13.6. The van der Waals surface area contributed by atoms with Crippen molar-refractivity contribution in [3.63, 3.8) is 0 Å². The van der Waals surface area contributed by atoms with Gasteiger partial charge in [-0.05, 0) is 24.7 Å². The van der Waals surface area contributed by atoms with E-state index in [0.717, 1.165) is 31.7 Å². The summed E-state index contributed by atoms with van der Waals surface area (Å²) in [7, 11) is 0. The van der Waals surface area contributed by atoms with Crippen molar-refractivity contribution in [1.82, 2.24) is 9.97 Å². The Morgan fingerprint density at radius 1 is 1.37 bits per heavy atom. The maximum Gasteiger partial charge on any atom is 0.223 e. The van der Waals surface area contributed by atoms with Crippen LogP contribution in [0, 0.1) is 17.3 Å². The van der Waals surface area contributed by atoms with E-state index in [2.05, 4.69) is 14.9 Å². The molecule has 1 aromatic heterocycles. The van der Waals surface area contributed by atoms with Gasteiger partial charge in [0.05, 0.1) is 12.4 Å². The van der Waals surface area contributed by atoms with Crippen molar-refractivity contribution >= 4 is 23.3 Å². The molecular formula is C13H17ClN4O. The van der Waals surface area contributed by atoms with Crippen LogP contribution in [0.2, 0.25) is 5.15 Å². The summed E-state index contributed by atoms with van der Waals surface area (Å²) in [6.45, 7) is 3.83. The van der Waals surface area contributed by atoms with E-state index in [1.807, 2.05) is 6.92 Å². The van der Waals surface area contributed by atoms with Gasteiger partial charge in [0.2, 0.25) is 5.91 Å². The van der Waals surface area contributed by atoms with Crippen LogP contribution in [0.15, 0.2) is 12.4 Å². The molecule has 0 radical (unpaired) electrons. The molecule has 3 rings (SSSR count). The molecule has 1 aromatic rings. The lowest BCUT2D eigenvalue weighted by Gasteiger charge is -2.24. The third kappa shape index (κ3) is 2.16. The van der Waals surface area contributed by atoms with Crippen LogP contribution in [0.25, 0.3) is 0 Å². The molecule has 2 heterocycles. The van der Waals surface area contributed by atoms with Crippen LogP contribution in [0.1, 0.15) is 19.8 Å². The summed E-state index contributed by atoms with van der Waals surface area (Å²) in [6, 6.07) is 0. The lowest BCUT2D eigenvalue weighted by Crippen LogP contribution is -2.34. The largest absolute Gasteiger partial charge is 0.369 e. The number of nitrogens with zero attached hydrogens (tertiary/aromatic N) is 3. The topological polar surface area (TPSA) is 72.1 Å². The second kappa shape index (κ2) is 4.34. The predicted octanol–water partition coefficient (Wildman–Crippen LogP) is 1.47. The molecule has 3 atom stereocenters. The fraction of sp³-hybridized carbons (Fsp3) is 0.615. The number of hydrogen-bond acceptors (Lipinski definition) is 4. The first-order valence-electron chi connectivity index (χ1n) is 6.50. The van der Waals surface area contributed by atoms with Gasteiger partial charge in [0.25, 0.3) is 0 Å². The highest BCUT2D eigenvalue weighted by Gasteiger charge is 2.49. The number of carbonyl (C=O) groups excluding carboxylic acids is 1. The van der Waals surface area contributed by atoms with Crippen molar-refractivity contribution in [3.8, 4) is 0 Å². The van der Waals surface area contributed by atoms with Crippen LogP contribution in [-0.2, 0) is 4.79 Å². The van der Waals surface area contributed by atoms with E-state index < -0.39 is 0 Å². The molecule has 2 aliphatic rings.